The Morgan fingerprint density at radius 1 is 1.25 bits per heavy atom. The number of rotatable bonds is 2. The van der Waals surface area contributed by atoms with Crippen molar-refractivity contribution in [2.45, 2.75) is 32.3 Å². The molecule has 0 unspecified atom stereocenters. The Hall–Kier alpha value is -1.16. The summed E-state index contributed by atoms with van der Waals surface area (Å²) in [6.07, 6.45) is 6.15. The van der Waals surface area contributed by atoms with Crippen molar-refractivity contribution in [1.82, 2.24) is 4.98 Å². The molecule has 1 aliphatic heterocycles. The third-order valence-electron chi connectivity index (χ3n) is 3.03. The predicted molar refractivity (Wildman–Crippen MR) is 60.8 cm³/mol. The predicted octanol–water partition coefficient (Wildman–Crippen LogP) is 2.09. The molecule has 0 radical (unpaired) electrons. The van der Waals surface area contributed by atoms with Gasteiger partial charge in [0, 0.05) is 24.8 Å². The van der Waals surface area contributed by atoms with Gasteiger partial charge in [-0.05, 0) is 18.9 Å². The Morgan fingerprint density at radius 3 is 2.56 bits per heavy atom. The molecule has 16 heavy (non-hydrogen) atoms. The highest BCUT2D eigenvalue weighted by Gasteiger charge is 2.17. The fourth-order valence-corrected chi connectivity index (χ4v) is 2.10. The molecule has 1 aliphatic rings. The second-order valence-electron chi connectivity index (χ2n) is 4.17. The van der Waals surface area contributed by atoms with E-state index in [0.717, 1.165) is 25.9 Å². The quantitative estimate of drug-likeness (QED) is 0.835. The van der Waals surface area contributed by atoms with Gasteiger partial charge in [0.1, 0.15) is 0 Å². The molecule has 88 valence electrons. The van der Waals surface area contributed by atoms with E-state index in [4.69, 9.17) is 5.11 Å². The van der Waals surface area contributed by atoms with Crippen molar-refractivity contribution in [2.75, 3.05) is 18.0 Å². The fourth-order valence-electron chi connectivity index (χ4n) is 2.10. The molecule has 0 aliphatic carbocycles. The number of hydrogen-bond acceptors (Lipinski definition) is 3. The molecule has 0 atom stereocenters. The number of hydrogen-bond donors (Lipinski definition) is 1. The summed E-state index contributed by atoms with van der Waals surface area (Å²) in [7, 11) is 0. The van der Waals surface area contributed by atoms with Gasteiger partial charge in [0.2, 0.25) is 0 Å². The van der Waals surface area contributed by atoms with E-state index in [0.29, 0.717) is 11.4 Å². The van der Waals surface area contributed by atoms with Crippen LogP contribution in [0.5, 0.6) is 0 Å². The van der Waals surface area contributed by atoms with Gasteiger partial charge in [0.05, 0.1) is 6.61 Å². The molecule has 0 bridgehead atoms. The first kappa shape index (κ1) is 11.3. The molecule has 0 aromatic carbocycles. The van der Waals surface area contributed by atoms with Crippen molar-refractivity contribution in [3.63, 3.8) is 0 Å². The fraction of sp³-hybridized carbons (Fsp3) is 0.583. The maximum Gasteiger partial charge on any atom is 0.171 e. The van der Waals surface area contributed by atoms with E-state index < -0.39 is 0 Å². The molecule has 2 rings (SSSR count). The van der Waals surface area contributed by atoms with Crippen LogP contribution >= 0.6 is 0 Å². The van der Waals surface area contributed by atoms with Crippen molar-refractivity contribution in [3.8, 4) is 0 Å². The molecule has 1 saturated heterocycles. The first-order chi connectivity index (χ1) is 7.83. The minimum atomic E-state index is -0.369. The maximum atomic E-state index is 13.9. The molecule has 3 nitrogen and oxygen atoms in total. The van der Waals surface area contributed by atoms with Crippen LogP contribution in [0.15, 0.2) is 12.3 Å². The van der Waals surface area contributed by atoms with Crippen molar-refractivity contribution in [1.29, 1.82) is 0 Å². The van der Waals surface area contributed by atoms with Crippen LogP contribution in [0.4, 0.5) is 10.2 Å². The Balaban J connectivity index is 2.24. The van der Waals surface area contributed by atoms with E-state index in [1.807, 2.05) is 4.90 Å². The molecule has 0 saturated carbocycles. The Kier molecular flexibility index (Phi) is 3.72. The average molecular weight is 224 g/mol. The lowest BCUT2D eigenvalue weighted by Crippen LogP contribution is -2.26. The molecular formula is C12H17FN2O. The summed E-state index contributed by atoms with van der Waals surface area (Å²) in [5, 5.41) is 9.01. The van der Waals surface area contributed by atoms with Gasteiger partial charge in [0.25, 0.3) is 0 Å². The van der Waals surface area contributed by atoms with Crippen LogP contribution < -0.4 is 4.90 Å². The highest BCUT2D eigenvalue weighted by molar-refractivity contribution is 5.43. The Labute approximate surface area is 94.9 Å². The van der Waals surface area contributed by atoms with Crippen LogP contribution in [0.2, 0.25) is 0 Å². The highest BCUT2D eigenvalue weighted by atomic mass is 19.1. The van der Waals surface area contributed by atoms with E-state index in [-0.39, 0.29) is 12.4 Å². The smallest absolute Gasteiger partial charge is 0.171 e. The van der Waals surface area contributed by atoms with Gasteiger partial charge < -0.3 is 10.0 Å². The topological polar surface area (TPSA) is 36.4 Å². The maximum absolute atomic E-state index is 13.9. The molecule has 1 aromatic heterocycles. The van der Waals surface area contributed by atoms with Crippen molar-refractivity contribution in [2.24, 2.45) is 0 Å². The van der Waals surface area contributed by atoms with E-state index in [9.17, 15) is 4.39 Å². The number of nitrogens with zero attached hydrogens (tertiary/aromatic N) is 2. The number of pyridine rings is 1. The van der Waals surface area contributed by atoms with Crippen molar-refractivity contribution >= 4 is 5.82 Å². The molecule has 0 amide bonds. The number of halogens is 1. The van der Waals surface area contributed by atoms with E-state index in [1.165, 1.54) is 18.9 Å². The van der Waals surface area contributed by atoms with Crippen LogP contribution in [-0.4, -0.2) is 23.2 Å². The number of aromatic nitrogens is 1. The minimum Gasteiger partial charge on any atom is -0.392 e. The van der Waals surface area contributed by atoms with E-state index in [2.05, 4.69) is 4.98 Å². The van der Waals surface area contributed by atoms with Gasteiger partial charge in [-0.3, -0.25) is 0 Å². The van der Waals surface area contributed by atoms with Crippen molar-refractivity contribution < 1.29 is 9.50 Å². The lowest BCUT2D eigenvalue weighted by atomic mass is 10.2. The zero-order chi connectivity index (χ0) is 11.4. The third-order valence-corrected chi connectivity index (χ3v) is 3.03. The van der Waals surface area contributed by atoms with Gasteiger partial charge in [-0.25, -0.2) is 9.37 Å². The summed E-state index contributed by atoms with van der Waals surface area (Å²) in [6.45, 7) is 1.45. The lowest BCUT2D eigenvalue weighted by Gasteiger charge is -2.22. The summed E-state index contributed by atoms with van der Waals surface area (Å²) in [4.78, 5) is 6.08. The van der Waals surface area contributed by atoms with E-state index in [1.54, 1.807) is 6.20 Å². The molecule has 4 heteroatoms. The summed E-state index contributed by atoms with van der Waals surface area (Å²) < 4.78 is 13.9. The molecule has 1 aromatic rings. The van der Waals surface area contributed by atoms with Crippen LogP contribution in [0.25, 0.3) is 0 Å². The standard InChI is InChI=1S/C12H17FN2O/c13-11-10(9-16)5-6-14-12(11)15-7-3-1-2-4-8-15/h5-6,16H,1-4,7-9H2. The summed E-state index contributed by atoms with van der Waals surface area (Å²) in [5.41, 5.74) is 0.328. The van der Waals surface area contributed by atoms with E-state index >= 15 is 0 Å². The van der Waals surface area contributed by atoms with Gasteiger partial charge in [-0.1, -0.05) is 12.8 Å². The summed E-state index contributed by atoms with van der Waals surface area (Å²) in [6, 6.07) is 1.52. The van der Waals surface area contributed by atoms with Gasteiger partial charge >= 0.3 is 0 Å². The molecule has 0 spiro atoms. The zero-order valence-electron chi connectivity index (χ0n) is 9.32. The average Bonchev–Trinajstić information content (AvgIpc) is 2.58. The zero-order valence-corrected chi connectivity index (χ0v) is 9.32. The van der Waals surface area contributed by atoms with Gasteiger partial charge in [-0.15, -0.1) is 0 Å². The second kappa shape index (κ2) is 5.25. The summed E-state index contributed by atoms with van der Waals surface area (Å²) in [5.74, 6) is 0.0281. The second-order valence-corrected chi connectivity index (χ2v) is 4.17. The van der Waals surface area contributed by atoms with Gasteiger partial charge in [-0.2, -0.15) is 0 Å². The third kappa shape index (κ3) is 2.32. The molecular weight excluding hydrogens is 207 g/mol. The first-order valence-corrected chi connectivity index (χ1v) is 5.82. The minimum absolute atomic E-state index is 0.269. The number of aliphatic hydroxyl groups excluding tert-OH is 1. The van der Waals surface area contributed by atoms with Gasteiger partial charge in [0.15, 0.2) is 11.6 Å². The van der Waals surface area contributed by atoms with Crippen LogP contribution in [-0.2, 0) is 6.61 Å². The monoisotopic (exact) mass is 224 g/mol. The molecule has 1 N–H and O–H groups in total. The summed E-state index contributed by atoms with van der Waals surface area (Å²) >= 11 is 0. The highest BCUT2D eigenvalue weighted by Crippen LogP contribution is 2.22. The SMILES string of the molecule is OCc1ccnc(N2CCCCCC2)c1F. The molecule has 2 heterocycles. The lowest BCUT2D eigenvalue weighted by molar-refractivity contribution is 0.275. The first-order valence-electron chi connectivity index (χ1n) is 5.82. The Morgan fingerprint density at radius 2 is 1.94 bits per heavy atom. The van der Waals surface area contributed by atoms with Crippen molar-refractivity contribution in [3.05, 3.63) is 23.6 Å². The van der Waals surface area contributed by atoms with Crippen LogP contribution in [0.1, 0.15) is 31.2 Å². The normalized spacial score (nSPS) is 17.2. The number of anilines is 1. The largest absolute Gasteiger partial charge is 0.392 e. The Bertz CT molecular complexity index is 349. The number of aliphatic hydroxyl groups is 1. The van der Waals surface area contributed by atoms with Crippen LogP contribution in [0, 0.1) is 5.82 Å². The molecule has 1 fully saturated rings. The van der Waals surface area contributed by atoms with Crippen LogP contribution in [0.3, 0.4) is 0 Å².